The van der Waals surface area contributed by atoms with Crippen molar-refractivity contribution in [2.24, 2.45) is 0 Å². The average Bonchev–Trinajstić information content (AvgIpc) is 3.10. The second-order valence-corrected chi connectivity index (χ2v) is 9.97. The van der Waals surface area contributed by atoms with E-state index in [-0.39, 0.29) is 17.1 Å². The van der Waals surface area contributed by atoms with Crippen molar-refractivity contribution >= 4 is 31.6 Å². The number of furan rings is 1. The van der Waals surface area contributed by atoms with Crippen molar-refractivity contribution in [3.8, 4) is 0 Å². The zero-order valence-electron chi connectivity index (χ0n) is 15.1. The average molecular weight is 415 g/mol. The molecule has 0 saturated carbocycles. The molecule has 1 amide bonds. The molecular formula is C16H21N3O6S2. The Bertz CT molecular complexity index is 981. The van der Waals surface area contributed by atoms with Gasteiger partial charge < -0.3 is 9.73 Å². The van der Waals surface area contributed by atoms with Crippen molar-refractivity contribution in [1.29, 1.82) is 0 Å². The zero-order chi connectivity index (χ0) is 20.2. The highest BCUT2D eigenvalue weighted by Gasteiger charge is 2.22. The molecule has 2 aromatic rings. The second kappa shape index (κ2) is 8.11. The van der Waals surface area contributed by atoms with E-state index < -0.39 is 32.5 Å². The number of nitrogens with zero attached hydrogens (tertiary/aromatic N) is 2. The summed E-state index contributed by atoms with van der Waals surface area (Å²) >= 11 is 0. The van der Waals surface area contributed by atoms with Crippen LogP contribution in [0.4, 0.5) is 5.69 Å². The van der Waals surface area contributed by atoms with Gasteiger partial charge in [-0.15, -0.1) is 0 Å². The third-order valence-corrected chi connectivity index (χ3v) is 6.60. The number of sulfonamides is 2. The molecule has 148 valence electrons. The maximum Gasteiger partial charge on any atom is 0.242 e. The summed E-state index contributed by atoms with van der Waals surface area (Å²) in [7, 11) is -4.60. The van der Waals surface area contributed by atoms with Crippen LogP contribution in [-0.2, 0) is 31.4 Å². The van der Waals surface area contributed by atoms with Crippen LogP contribution < -0.4 is 9.62 Å². The summed E-state index contributed by atoms with van der Waals surface area (Å²) in [6, 6.07) is 8.63. The molecule has 0 radical (unpaired) electrons. The molecule has 0 saturated heterocycles. The Hall–Kier alpha value is -2.37. The normalized spacial score (nSPS) is 12.1. The molecule has 0 aliphatic rings. The van der Waals surface area contributed by atoms with E-state index in [9.17, 15) is 21.6 Å². The van der Waals surface area contributed by atoms with Gasteiger partial charge in [0.05, 0.1) is 29.6 Å². The molecule has 2 rings (SSSR count). The highest BCUT2D eigenvalue weighted by molar-refractivity contribution is 7.92. The van der Waals surface area contributed by atoms with Crippen LogP contribution in [-0.4, -0.2) is 53.9 Å². The van der Waals surface area contributed by atoms with Gasteiger partial charge in [0.1, 0.15) is 12.3 Å². The second-order valence-electron chi connectivity index (χ2n) is 5.91. The lowest BCUT2D eigenvalue weighted by Gasteiger charge is -2.22. The number of rotatable bonds is 8. The SMILES string of the molecule is CN(C)S(=O)(=O)c1ccc(N(CC(=O)NCc2ccco2)S(C)(=O)=O)cc1. The first kappa shape index (κ1) is 20.9. The molecule has 0 bridgehead atoms. The van der Waals surface area contributed by atoms with Crippen molar-refractivity contribution in [2.75, 3.05) is 31.2 Å². The smallest absolute Gasteiger partial charge is 0.242 e. The van der Waals surface area contributed by atoms with E-state index in [0.717, 1.165) is 14.9 Å². The fourth-order valence-corrected chi connectivity index (χ4v) is 3.94. The van der Waals surface area contributed by atoms with Gasteiger partial charge in [-0.05, 0) is 36.4 Å². The molecule has 0 spiro atoms. The fraction of sp³-hybridized carbons (Fsp3) is 0.312. The Morgan fingerprint density at radius 1 is 1.07 bits per heavy atom. The van der Waals surface area contributed by atoms with Gasteiger partial charge in [0.15, 0.2) is 0 Å². The van der Waals surface area contributed by atoms with Crippen LogP contribution in [0, 0.1) is 0 Å². The van der Waals surface area contributed by atoms with Crippen LogP contribution in [0.5, 0.6) is 0 Å². The summed E-state index contributed by atoms with van der Waals surface area (Å²) in [5.41, 5.74) is 0.184. The van der Waals surface area contributed by atoms with Crippen molar-refractivity contribution in [3.05, 3.63) is 48.4 Å². The minimum absolute atomic E-state index is 0.0203. The van der Waals surface area contributed by atoms with E-state index in [1.165, 1.54) is 44.6 Å². The van der Waals surface area contributed by atoms with Gasteiger partial charge in [0.2, 0.25) is 26.0 Å². The lowest BCUT2D eigenvalue weighted by atomic mass is 10.3. The molecule has 9 nitrogen and oxygen atoms in total. The molecule has 1 N–H and O–H groups in total. The first-order valence-corrected chi connectivity index (χ1v) is 11.1. The molecule has 0 aliphatic heterocycles. The highest BCUT2D eigenvalue weighted by atomic mass is 32.2. The standard InChI is InChI=1S/C16H21N3O6S2/c1-18(2)27(23,24)15-8-6-13(7-9-15)19(26(3,21)22)12-16(20)17-11-14-5-4-10-25-14/h4-10H,11-12H2,1-3H3,(H,17,20). The Labute approximate surface area is 158 Å². The Balaban J connectivity index is 2.18. The van der Waals surface area contributed by atoms with Crippen LogP contribution >= 0.6 is 0 Å². The molecule has 11 heteroatoms. The van der Waals surface area contributed by atoms with E-state index in [4.69, 9.17) is 4.42 Å². The minimum Gasteiger partial charge on any atom is -0.467 e. The monoisotopic (exact) mass is 415 g/mol. The third-order valence-electron chi connectivity index (χ3n) is 3.63. The molecule has 0 unspecified atom stereocenters. The molecule has 0 fully saturated rings. The van der Waals surface area contributed by atoms with E-state index in [1.807, 2.05) is 0 Å². The molecular weight excluding hydrogens is 394 g/mol. The Kier molecular flexibility index (Phi) is 6.29. The quantitative estimate of drug-likeness (QED) is 0.675. The summed E-state index contributed by atoms with van der Waals surface area (Å²) in [5.74, 6) is 0.00863. The van der Waals surface area contributed by atoms with Gasteiger partial charge in [0.25, 0.3) is 0 Å². The molecule has 1 aromatic carbocycles. The van der Waals surface area contributed by atoms with Gasteiger partial charge in [0, 0.05) is 14.1 Å². The predicted molar refractivity (Wildman–Crippen MR) is 100 cm³/mol. The number of hydrogen-bond donors (Lipinski definition) is 1. The lowest BCUT2D eigenvalue weighted by Crippen LogP contribution is -2.40. The lowest BCUT2D eigenvalue weighted by molar-refractivity contribution is -0.119. The van der Waals surface area contributed by atoms with E-state index in [0.29, 0.717) is 5.76 Å². The van der Waals surface area contributed by atoms with Crippen LogP contribution in [0.15, 0.2) is 52.0 Å². The van der Waals surface area contributed by atoms with Crippen molar-refractivity contribution in [3.63, 3.8) is 0 Å². The zero-order valence-corrected chi connectivity index (χ0v) is 16.7. The number of nitrogens with one attached hydrogen (secondary N) is 1. The van der Waals surface area contributed by atoms with Crippen LogP contribution in [0.1, 0.15) is 5.76 Å². The number of amides is 1. The Morgan fingerprint density at radius 3 is 2.19 bits per heavy atom. The maximum atomic E-state index is 12.1. The van der Waals surface area contributed by atoms with Crippen LogP contribution in [0.25, 0.3) is 0 Å². The third kappa shape index (κ3) is 5.31. The van der Waals surface area contributed by atoms with E-state index in [1.54, 1.807) is 12.1 Å². The topological polar surface area (TPSA) is 117 Å². The number of benzene rings is 1. The first-order valence-electron chi connectivity index (χ1n) is 7.81. The summed E-state index contributed by atoms with van der Waals surface area (Å²) in [5, 5.41) is 2.57. The summed E-state index contributed by atoms with van der Waals surface area (Å²) < 4.78 is 55.4. The number of hydrogen-bond acceptors (Lipinski definition) is 6. The molecule has 1 aromatic heterocycles. The number of anilines is 1. The largest absolute Gasteiger partial charge is 0.467 e. The summed E-state index contributed by atoms with van der Waals surface area (Å²) in [4.78, 5) is 12.1. The van der Waals surface area contributed by atoms with Crippen molar-refractivity contribution < 1.29 is 26.0 Å². The van der Waals surface area contributed by atoms with Gasteiger partial charge in [-0.3, -0.25) is 9.10 Å². The minimum atomic E-state index is -3.76. The van der Waals surface area contributed by atoms with Gasteiger partial charge >= 0.3 is 0 Å². The maximum absolute atomic E-state index is 12.1. The van der Waals surface area contributed by atoms with Crippen LogP contribution in [0.2, 0.25) is 0 Å². The number of carbonyl (C=O) groups excluding carboxylic acids is 1. The fourth-order valence-electron chi connectivity index (χ4n) is 2.18. The van der Waals surface area contributed by atoms with Gasteiger partial charge in [-0.2, -0.15) is 0 Å². The van der Waals surface area contributed by atoms with E-state index in [2.05, 4.69) is 5.32 Å². The summed E-state index contributed by atoms with van der Waals surface area (Å²) in [6.45, 7) is -0.317. The predicted octanol–water partition coefficient (Wildman–Crippen LogP) is 0.612. The van der Waals surface area contributed by atoms with Gasteiger partial charge in [-0.25, -0.2) is 21.1 Å². The Morgan fingerprint density at radius 2 is 1.70 bits per heavy atom. The van der Waals surface area contributed by atoms with E-state index >= 15 is 0 Å². The van der Waals surface area contributed by atoms with Crippen molar-refractivity contribution in [1.82, 2.24) is 9.62 Å². The first-order chi connectivity index (χ1) is 12.5. The van der Waals surface area contributed by atoms with Crippen molar-refractivity contribution in [2.45, 2.75) is 11.4 Å². The molecule has 1 heterocycles. The van der Waals surface area contributed by atoms with Gasteiger partial charge in [-0.1, -0.05) is 0 Å². The van der Waals surface area contributed by atoms with Crippen LogP contribution in [0.3, 0.4) is 0 Å². The molecule has 0 aliphatic carbocycles. The highest BCUT2D eigenvalue weighted by Crippen LogP contribution is 2.21. The molecule has 0 atom stereocenters. The number of carbonyl (C=O) groups is 1. The summed E-state index contributed by atoms with van der Waals surface area (Å²) in [6.07, 6.45) is 2.44. The molecule has 27 heavy (non-hydrogen) atoms.